The molecular formula is C18H23N3O4S. The molecule has 0 aromatic heterocycles. The van der Waals surface area contributed by atoms with Gasteiger partial charge in [0.05, 0.1) is 13.2 Å². The Morgan fingerprint density at radius 1 is 1.46 bits per heavy atom. The van der Waals surface area contributed by atoms with Crippen molar-refractivity contribution >= 4 is 22.0 Å². The van der Waals surface area contributed by atoms with Gasteiger partial charge in [0.1, 0.15) is 16.2 Å². The van der Waals surface area contributed by atoms with E-state index in [0.717, 1.165) is 6.42 Å². The summed E-state index contributed by atoms with van der Waals surface area (Å²) >= 11 is 0. The van der Waals surface area contributed by atoms with Gasteiger partial charge in [-0.05, 0) is 43.0 Å². The lowest BCUT2D eigenvalue weighted by Crippen LogP contribution is -2.52. The van der Waals surface area contributed by atoms with Crippen LogP contribution >= 0.6 is 0 Å². The molecule has 8 heteroatoms. The van der Waals surface area contributed by atoms with E-state index in [1.165, 1.54) is 30.2 Å². The van der Waals surface area contributed by atoms with Crippen molar-refractivity contribution in [3.8, 4) is 11.8 Å². The molecule has 1 N–H and O–H groups in total. The molecule has 1 aliphatic carbocycles. The van der Waals surface area contributed by atoms with Crippen molar-refractivity contribution in [2.45, 2.75) is 36.6 Å². The van der Waals surface area contributed by atoms with Crippen LogP contribution in [0, 0.1) is 11.3 Å². The second kappa shape index (κ2) is 7.89. The standard InChI is InChI=1S/C18H23N3O4S/c1-4-20-26(23,24)16-12-14(6-8-15(16)25-3)7-9-17(22)21(2)18(13-19)10-5-11-18/h6-9,12,20H,4-5,10-11H2,1-3H3/b9-7+. The topological polar surface area (TPSA) is 99.5 Å². The summed E-state index contributed by atoms with van der Waals surface area (Å²) in [6, 6.07) is 6.87. The first-order chi connectivity index (χ1) is 12.3. The van der Waals surface area contributed by atoms with Crippen molar-refractivity contribution in [1.29, 1.82) is 5.26 Å². The van der Waals surface area contributed by atoms with Gasteiger partial charge >= 0.3 is 0 Å². The van der Waals surface area contributed by atoms with Gasteiger partial charge in [0.2, 0.25) is 15.9 Å². The van der Waals surface area contributed by atoms with E-state index < -0.39 is 15.6 Å². The van der Waals surface area contributed by atoms with Crippen LogP contribution in [0.4, 0.5) is 0 Å². The Balaban J connectivity index is 2.26. The summed E-state index contributed by atoms with van der Waals surface area (Å²) in [5.41, 5.74) is -0.176. The second-order valence-electron chi connectivity index (χ2n) is 6.14. The molecule has 1 saturated carbocycles. The second-order valence-corrected chi connectivity index (χ2v) is 7.87. The predicted molar refractivity (Wildman–Crippen MR) is 97.9 cm³/mol. The van der Waals surface area contributed by atoms with Crippen LogP contribution in [0.3, 0.4) is 0 Å². The molecule has 0 unspecified atom stereocenters. The Morgan fingerprint density at radius 3 is 2.65 bits per heavy atom. The normalized spacial score (nSPS) is 15.9. The molecule has 0 atom stereocenters. The number of ether oxygens (including phenoxy) is 1. The molecule has 1 aliphatic rings. The third-order valence-electron chi connectivity index (χ3n) is 4.59. The molecule has 0 spiro atoms. The van der Waals surface area contributed by atoms with Gasteiger partial charge in [-0.25, -0.2) is 13.1 Å². The van der Waals surface area contributed by atoms with Crippen molar-refractivity contribution in [3.05, 3.63) is 29.8 Å². The maximum Gasteiger partial charge on any atom is 0.247 e. The van der Waals surface area contributed by atoms with Gasteiger partial charge in [-0.3, -0.25) is 4.79 Å². The fourth-order valence-corrected chi connectivity index (χ4v) is 4.04. The third kappa shape index (κ3) is 3.89. The van der Waals surface area contributed by atoms with Crippen LogP contribution in [0.1, 0.15) is 31.7 Å². The first-order valence-corrected chi connectivity index (χ1v) is 9.83. The number of methoxy groups -OCH3 is 1. The Bertz CT molecular complexity index is 852. The van der Waals surface area contributed by atoms with Gasteiger partial charge in [-0.1, -0.05) is 13.0 Å². The highest BCUT2D eigenvalue weighted by Gasteiger charge is 2.42. The Morgan fingerprint density at radius 2 is 2.15 bits per heavy atom. The number of amides is 1. The van der Waals surface area contributed by atoms with E-state index >= 15 is 0 Å². The fourth-order valence-electron chi connectivity index (χ4n) is 2.80. The third-order valence-corrected chi connectivity index (χ3v) is 6.16. The molecular weight excluding hydrogens is 354 g/mol. The average Bonchev–Trinajstić information content (AvgIpc) is 2.58. The number of benzene rings is 1. The molecule has 1 fully saturated rings. The summed E-state index contributed by atoms with van der Waals surface area (Å²) in [6.45, 7) is 1.94. The van der Waals surface area contributed by atoms with Crippen molar-refractivity contribution < 1.29 is 17.9 Å². The van der Waals surface area contributed by atoms with Crippen molar-refractivity contribution in [2.24, 2.45) is 0 Å². The molecule has 0 saturated heterocycles. The number of nitrogens with one attached hydrogen (secondary N) is 1. The number of hydrogen-bond donors (Lipinski definition) is 1. The smallest absolute Gasteiger partial charge is 0.247 e. The zero-order valence-corrected chi connectivity index (χ0v) is 16.0. The highest BCUT2D eigenvalue weighted by Crippen LogP contribution is 2.36. The van der Waals surface area contributed by atoms with E-state index in [2.05, 4.69) is 10.8 Å². The van der Waals surface area contributed by atoms with Gasteiger partial charge in [0.25, 0.3) is 0 Å². The van der Waals surface area contributed by atoms with Gasteiger partial charge in [0, 0.05) is 19.7 Å². The lowest BCUT2D eigenvalue weighted by Gasteiger charge is -2.42. The Hall–Kier alpha value is -2.37. The molecule has 0 aliphatic heterocycles. The number of nitrogens with zero attached hydrogens (tertiary/aromatic N) is 2. The molecule has 1 amide bonds. The van der Waals surface area contributed by atoms with Crippen LogP contribution in [-0.4, -0.2) is 45.5 Å². The highest BCUT2D eigenvalue weighted by atomic mass is 32.2. The summed E-state index contributed by atoms with van der Waals surface area (Å²) in [5.74, 6) is -0.0670. The van der Waals surface area contributed by atoms with Crippen LogP contribution in [0.15, 0.2) is 29.2 Å². The van der Waals surface area contributed by atoms with Crippen molar-refractivity contribution in [1.82, 2.24) is 9.62 Å². The van der Waals surface area contributed by atoms with E-state index in [1.54, 1.807) is 26.1 Å². The molecule has 7 nitrogen and oxygen atoms in total. The minimum Gasteiger partial charge on any atom is -0.495 e. The largest absolute Gasteiger partial charge is 0.495 e. The molecule has 2 rings (SSSR count). The zero-order chi connectivity index (χ0) is 19.4. The maximum atomic E-state index is 12.4. The van der Waals surface area contributed by atoms with Gasteiger partial charge in [-0.2, -0.15) is 5.26 Å². The minimum absolute atomic E-state index is 0.0114. The molecule has 1 aromatic carbocycles. The first-order valence-electron chi connectivity index (χ1n) is 8.34. The van der Waals surface area contributed by atoms with Crippen molar-refractivity contribution in [2.75, 3.05) is 20.7 Å². The lowest BCUT2D eigenvalue weighted by atomic mass is 9.76. The lowest BCUT2D eigenvalue weighted by molar-refractivity contribution is -0.130. The van der Waals surface area contributed by atoms with Crippen LogP contribution in [-0.2, 0) is 14.8 Å². The molecule has 0 radical (unpaired) electrons. The van der Waals surface area contributed by atoms with Crippen LogP contribution in [0.2, 0.25) is 0 Å². The van der Waals surface area contributed by atoms with Crippen LogP contribution < -0.4 is 9.46 Å². The predicted octanol–water partition coefficient (Wildman–Crippen LogP) is 1.91. The Labute approximate surface area is 154 Å². The van der Waals surface area contributed by atoms with Gasteiger partial charge in [0.15, 0.2) is 0 Å². The van der Waals surface area contributed by atoms with E-state index in [4.69, 9.17) is 4.74 Å². The monoisotopic (exact) mass is 377 g/mol. The molecule has 140 valence electrons. The van der Waals surface area contributed by atoms with Crippen molar-refractivity contribution in [3.63, 3.8) is 0 Å². The summed E-state index contributed by atoms with van der Waals surface area (Å²) in [4.78, 5) is 13.8. The summed E-state index contributed by atoms with van der Waals surface area (Å²) in [6.07, 6.45) is 5.16. The summed E-state index contributed by atoms with van der Waals surface area (Å²) in [5, 5.41) is 9.32. The number of hydrogen-bond acceptors (Lipinski definition) is 5. The molecule has 26 heavy (non-hydrogen) atoms. The van der Waals surface area contributed by atoms with E-state index in [-0.39, 0.29) is 23.1 Å². The van der Waals surface area contributed by atoms with E-state index in [1.807, 2.05) is 0 Å². The maximum absolute atomic E-state index is 12.4. The number of sulfonamides is 1. The minimum atomic E-state index is -3.70. The Kier molecular flexibility index (Phi) is 6.05. The number of carbonyl (C=O) groups is 1. The fraction of sp³-hybridized carbons (Fsp3) is 0.444. The first kappa shape index (κ1) is 19.9. The number of nitriles is 1. The quantitative estimate of drug-likeness (QED) is 0.732. The molecule has 0 bridgehead atoms. The van der Waals surface area contributed by atoms with Crippen LogP contribution in [0.25, 0.3) is 6.08 Å². The van der Waals surface area contributed by atoms with Gasteiger partial charge in [-0.15, -0.1) is 0 Å². The number of likely N-dealkylation sites (N-methyl/N-ethyl adjacent to an activating group) is 1. The SMILES string of the molecule is CCNS(=O)(=O)c1cc(/C=C/C(=O)N(C)C2(C#N)CCC2)ccc1OC. The van der Waals surface area contributed by atoms with E-state index in [0.29, 0.717) is 18.4 Å². The zero-order valence-electron chi connectivity index (χ0n) is 15.2. The number of rotatable bonds is 7. The molecule has 0 heterocycles. The van der Waals surface area contributed by atoms with Crippen LogP contribution in [0.5, 0.6) is 5.75 Å². The summed E-state index contributed by atoms with van der Waals surface area (Å²) < 4.78 is 32.1. The number of carbonyl (C=O) groups excluding carboxylic acids is 1. The van der Waals surface area contributed by atoms with E-state index in [9.17, 15) is 18.5 Å². The molecule has 1 aromatic rings. The van der Waals surface area contributed by atoms with Gasteiger partial charge < -0.3 is 9.64 Å². The highest BCUT2D eigenvalue weighted by molar-refractivity contribution is 7.89. The average molecular weight is 377 g/mol. The summed E-state index contributed by atoms with van der Waals surface area (Å²) in [7, 11) is -0.688.